The predicted octanol–water partition coefficient (Wildman–Crippen LogP) is 5.84. The Morgan fingerprint density at radius 3 is 2.29 bits per heavy atom. The van der Waals surface area contributed by atoms with Gasteiger partial charge in [-0.1, -0.05) is 22.9 Å². The van der Waals surface area contributed by atoms with Gasteiger partial charge in [0.25, 0.3) is 0 Å². The first-order valence-electron chi connectivity index (χ1n) is 10.2. The van der Waals surface area contributed by atoms with Crippen molar-refractivity contribution < 1.29 is 40.6 Å². The van der Waals surface area contributed by atoms with Crippen LogP contribution in [0.2, 0.25) is 5.02 Å². The normalized spacial score (nSPS) is 13.5. The van der Waals surface area contributed by atoms with Crippen LogP contribution in [0.15, 0.2) is 54.0 Å². The summed E-state index contributed by atoms with van der Waals surface area (Å²) >= 11 is 5.76. The number of alkyl halides is 5. The maximum atomic E-state index is 15.6. The zero-order valence-corrected chi connectivity index (χ0v) is 19.5. The van der Waals surface area contributed by atoms with E-state index in [-0.39, 0.29) is 17.5 Å². The largest absolute Gasteiger partial charge is 0.472 e. The molecule has 8 nitrogen and oxygen atoms in total. The average Bonchev–Trinajstić information content (AvgIpc) is 2.86. The Hall–Kier alpha value is -3.85. The number of aliphatic hydroxyl groups is 1. The van der Waals surface area contributed by atoms with Crippen LogP contribution in [0.5, 0.6) is 5.88 Å². The first kappa shape index (κ1) is 28.7. The maximum Gasteiger partial charge on any atom is 0.417 e. The molecule has 0 amide bonds. The topological polar surface area (TPSA) is 119 Å². The molecule has 0 radical (unpaired) electrons. The molecular weight excluding hydrogens is 549 g/mol. The molecule has 1 unspecified atom stereocenters. The summed E-state index contributed by atoms with van der Waals surface area (Å²) in [5.41, 5.74) is 0.431. The van der Waals surface area contributed by atoms with Gasteiger partial charge >= 0.3 is 12.1 Å². The third-order valence-corrected chi connectivity index (χ3v) is 5.49. The molecule has 0 fully saturated rings. The number of aromatic nitrogens is 2. The average molecular weight is 565 g/mol. The van der Waals surface area contributed by atoms with Crippen molar-refractivity contribution in [1.29, 1.82) is 10.9 Å². The minimum atomic E-state index is -4.68. The molecule has 0 aliphatic heterocycles. The van der Waals surface area contributed by atoms with Crippen LogP contribution in [0.25, 0.3) is 0 Å². The van der Waals surface area contributed by atoms with Crippen molar-refractivity contribution in [1.82, 2.24) is 15.0 Å². The number of nitrogens with zero attached hydrogens (tertiary/aromatic N) is 4. The molecule has 3 rings (SSSR count). The Balaban J connectivity index is 1.89. The highest BCUT2D eigenvalue weighted by molar-refractivity contribution is 6.31. The lowest BCUT2D eigenvalue weighted by Crippen LogP contribution is -2.51. The van der Waals surface area contributed by atoms with Crippen molar-refractivity contribution in [2.75, 3.05) is 6.54 Å². The molecule has 0 bridgehead atoms. The van der Waals surface area contributed by atoms with Gasteiger partial charge in [0.2, 0.25) is 5.88 Å². The molecule has 0 aliphatic carbocycles. The van der Waals surface area contributed by atoms with Crippen LogP contribution in [0.3, 0.4) is 0 Å². The lowest BCUT2D eigenvalue weighted by Gasteiger charge is -2.37. The van der Waals surface area contributed by atoms with E-state index in [4.69, 9.17) is 27.3 Å². The van der Waals surface area contributed by atoms with Gasteiger partial charge in [-0.3, -0.25) is 10.4 Å². The van der Waals surface area contributed by atoms with Gasteiger partial charge < -0.3 is 9.84 Å². The van der Waals surface area contributed by atoms with Crippen molar-refractivity contribution >= 4 is 17.9 Å². The zero-order chi connectivity index (χ0) is 28.3. The van der Waals surface area contributed by atoms with E-state index in [0.717, 1.165) is 18.3 Å². The second-order valence-corrected chi connectivity index (χ2v) is 8.14. The molecule has 0 saturated heterocycles. The second-order valence-electron chi connectivity index (χ2n) is 7.73. The van der Waals surface area contributed by atoms with Gasteiger partial charge in [0.05, 0.1) is 12.1 Å². The van der Waals surface area contributed by atoms with E-state index in [1.807, 2.05) is 0 Å². The van der Waals surface area contributed by atoms with Crippen molar-refractivity contribution in [3.05, 3.63) is 87.8 Å². The summed E-state index contributed by atoms with van der Waals surface area (Å²) in [6.45, 7) is -1.67. The minimum Gasteiger partial charge on any atom is -0.472 e. The summed E-state index contributed by atoms with van der Waals surface area (Å²) < 4.78 is 103. The molecule has 0 aliphatic rings. The highest BCUT2D eigenvalue weighted by atomic mass is 35.5. The lowest BCUT2D eigenvalue weighted by atomic mass is 9.84. The van der Waals surface area contributed by atoms with Crippen molar-refractivity contribution in [3.8, 4) is 5.88 Å². The predicted molar refractivity (Wildman–Crippen MR) is 118 cm³/mol. The Bertz CT molecular complexity index is 1320. The number of halogens is 8. The van der Waals surface area contributed by atoms with E-state index in [0.29, 0.717) is 35.7 Å². The van der Waals surface area contributed by atoms with Gasteiger partial charge in [0.1, 0.15) is 35.3 Å². The summed E-state index contributed by atoms with van der Waals surface area (Å²) in [4.78, 5) is 7.07. The van der Waals surface area contributed by atoms with E-state index in [1.54, 1.807) is 0 Å². The fraction of sp³-hybridized carbons (Fsp3) is 0.227. The van der Waals surface area contributed by atoms with E-state index >= 15 is 8.78 Å². The quantitative estimate of drug-likeness (QED) is 0.0940. The summed E-state index contributed by atoms with van der Waals surface area (Å²) in [5.74, 6) is -7.36. The van der Waals surface area contributed by atoms with Crippen LogP contribution in [0.1, 0.15) is 22.4 Å². The number of hydrogen-bond acceptors (Lipinski definition) is 7. The summed E-state index contributed by atoms with van der Waals surface area (Å²) in [6.07, 6.45) is -2.95. The maximum absolute atomic E-state index is 15.6. The molecule has 0 saturated carbocycles. The van der Waals surface area contributed by atoms with E-state index in [9.17, 15) is 27.1 Å². The van der Waals surface area contributed by atoms with E-state index in [2.05, 4.69) is 15.2 Å². The molecule has 3 N–H and O–H groups in total. The van der Waals surface area contributed by atoms with Crippen LogP contribution in [-0.4, -0.2) is 33.0 Å². The molecule has 2 aromatic heterocycles. The van der Waals surface area contributed by atoms with Crippen LogP contribution in [0, 0.1) is 22.6 Å². The van der Waals surface area contributed by atoms with Gasteiger partial charge in [0, 0.05) is 29.6 Å². The molecule has 16 heteroatoms. The fourth-order valence-electron chi connectivity index (χ4n) is 3.27. The van der Waals surface area contributed by atoms with Crippen LogP contribution >= 0.6 is 11.6 Å². The number of rotatable bonds is 10. The van der Waals surface area contributed by atoms with Crippen molar-refractivity contribution in [3.63, 3.8) is 0 Å². The Morgan fingerprint density at radius 2 is 1.76 bits per heavy atom. The Labute approximate surface area is 214 Å². The van der Waals surface area contributed by atoms with Crippen LogP contribution in [0.4, 0.5) is 30.7 Å². The number of benzene rings is 1. The molecule has 38 heavy (non-hydrogen) atoms. The fourth-order valence-corrected chi connectivity index (χ4v) is 3.49. The van der Waals surface area contributed by atoms with Crippen molar-refractivity contribution in [2.45, 2.75) is 24.3 Å². The highest BCUT2D eigenvalue weighted by Crippen LogP contribution is 2.46. The molecule has 202 valence electrons. The summed E-state index contributed by atoms with van der Waals surface area (Å²) in [6, 6.07) is 3.95. The standard InChI is InChI=1S/C22H16ClF7N6O2/c23-16-5-13(22(28,29)30)8-34-19(16)38-9-12-1-4-18(33-7-12)21(26,27)20(37,10-36(11-31)35-32)15-3-2-14(24)6-17(15)25/h1-8,11,31-32,37H,9-10H2. The first-order valence-corrected chi connectivity index (χ1v) is 10.6. The molecule has 1 aromatic carbocycles. The molecule has 0 spiro atoms. The highest BCUT2D eigenvalue weighted by Gasteiger charge is 2.58. The lowest BCUT2D eigenvalue weighted by molar-refractivity contribution is -0.204. The van der Waals surface area contributed by atoms with Gasteiger partial charge in [-0.25, -0.2) is 18.8 Å². The molecule has 1 atom stereocenters. The number of hydrogen-bond donors (Lipinski definition) is 3. The Morgan fingerprint density at radius 1 is 1.05 bits per heavy atom. The monoisotopic (exact) mass is 564 g/mol. The number of nitrogens with one attached hydrogen (secondary N) is 2. The molecular formula is C22H16ClF7N6O2. The third-order valence-electron chi connectivity index (χ3n) is 5.22. The third kappa shape index (κ3) is 5.83. The summed E-state index contributed by atoms with van der Waals surface area (Å²) in [5, 5.41) is 20.9. The van der Waals surface area contributed by atoms with Crippen molar-refractivity contribution in [2.24, 2.45) is 5.22 Å². The van der Waals surface area contributed by atoms with Crippen LogP contribution < -0.4 is 4.74 Å². The van der Waals surface area contributed by atoms with Crippen LogP contribution in [-0.2, 0) is 24.3 Å². The van der Waals surface area contributed by atoms with Gasteiger partial charge in [-0.15, -0.1) is 0 Å². The first-order chi connectivity index (χ1) is 17.7. The SMILES string of the molecule is N=CN(CC(O)(c1ccc(F)cc1F)C(F)(F)c1ccc(COc2ncc(C(F)(F)F)cc2Cl)cn1)N=N. The number of ether oxygens (including phenoxy) is 1. The van der Waals surface area contributed by atoms with E-state index in [1.165, 1.54) is 0 Å². The summed E-state index contributed by atoms with van der Waals surface area (Å²) in [7, 11) is 0. The number of pyridine rings is 2. The van der Waals surface area contributed by atoms with E-state index < -0.39 is 64.3 Å². The van der Waals surface area contributed by atoms with Gasteiger partial charge in [0.15, 0.2) is 5.60 Å². The minimum absolute atomic E-state index is 0.140. The second kappa shape index (κ2) is 10.9. The molecule has 3 aromatic rings. The Kier molecular flexibility index (Phi) is 8.21. The molecule has 2 heterocycles. The van der Waals surface area contributed by atoms with Gasteiger partial charge in [-0.05, 0) is 24.3 Å². The van der Waals surface area contributed by atoms with Gasteiger partial charge in [-0.2, -0.15) is 27.5 Å². The smallest absolute Gasteiger partial charge is 0.417 e. The zero-order valence-electron chi connectivity index (χ0n) is 18.8.